The van der Waals surface area contributed by atoms with Crippen LogP contribution in [0, 0.1) is 0 Å². The van der Waals surface area contributed by atoms with E-state index in [0.717, 1.165) is 0 Å². The van der Waals surface area contributed by atoms with Gasteiger partial charge in [0, 0.05) is 20.3 Å². The molecule has 0 aliphatic rings. The highest BCUT2D eigenvalue weighted by atomic mass is 35.5. The Kier molecular flexibility index (Phi) is 3.96. The van der Waals surface area contributed by atoms with Gasteiger partial charge < -0.3 is 4.90 Å². The highest BCUT2D eigenvalue weighted by Gasteiger charge is 2.23. The van der Waals surface area contributed by atoms with Gasteiger partial charge in [-0.2, -0.15) is 0 Å². The molecule has 1 atom stereocenters. The van der Waals surface area contributed by atoms with Crippen molar-refractivity contribution in [2.45, 2.75) is 18.8 Å². The zero-order valence-electron chi connectivity index (χ0n) is 10.9. The number of rotatable bonds is 3. The molecule has 0 radical (unpaired) electrons. The zero-order chi connectivity index (χ0) is 14.2. The second-order valence-electron chi connectivity index (χ2n) is 4.44. The molecule has 1 amide bonds. The van der Waals surface area contributed by atoms with Crippen molar-refractivity contribution in [2.24, 2.45) is 0 Å². The number of pyridine rings is 1. The van der Waals surface area contributed by atoms with E-state index in [4.69, 9.17) is 23.2 Å². The fourth-order valence-corrected chi connectivity index (χ4v) is 2.33. The first-order valence-corrected chi connectivity index (χ1v) is 6.66. The summed E-state index contributed by atoms with van der Waals surface area (Å²) in [6.07, 6.45) is 1.53. The molecule has 2 rings (SSSR count). The minimum atomic E-state index is -0.414. The molecule has 1 unspecified atom stereocenters. The van der Waals surface area contributed by atoms with Crippen LogP contribution in [0.1, 0.15) is 18.8 Å². The Balaban J connectivity index is 2.60. The third-order valence-electron chi connectivity index (χ3n) is 2.87. The maximum Gasteiger partial charge on any atom is 0.244 e. The fraction of sp³-hybridized carbons (Fsp3) is 0.417. The number of nitrogens with zero attached hydrogens (tertiary/aromatic N) is 4. The number of carbonyl (C=O) groups excluding carboxylic acids is 1. The number of amides is 1. The summed E-state index contributed by atoms with van der Waals surface area (Å²) in [6.45, 7) is 1.80. The average molecular weight is 301 g/mol. The highest BCUT2D eigenvalue weighted by Crippen LogP contribution is 2.23. The maximum atomic E-state index is 12.1. The van der Waals surface area contributed by atoms with Crippen LogP contribution in [0.25, 0.3) is 11.2 Å². The number of hydrogen-bond donors (Lipinski definition) is 0. The van der Waals surface area contributed by atoms with Crippen molar-refractivity contribution >= 4 is 40.3 Å². The maximum absolute atomic E-state index is 12.1. The monoisotopic (exact) mass is 300 g/mol. The van der Waals surface area contributed by atoms with E-state index in [-0.39, 0.29) is 11.8 Å². The molecule has 102 valence electrons. The average Bonchev–Trinajstić information content (AvgIpc) is 2.74. The minimum Gasteiger partial charge on any atom is -0.347 e. The molecule has 0 aliphatic heterocycles. The lowest BCUT2D eigenvalue weighted by molar-refractivity contribution is -0.131. The summed E-state index contributed by atoms with van der Waals surface area (Å²) < 4.78 is 1.75. The molecule has 7 heteroatoms. The molecule has 0 saturated heterocycles. The van der Waals surface area contributed by atoms with Crippen LogP contribution in [0.3, 0.4) is 0 Å². The van der Waals surface area contributed by atoms with Crippen LogP contribution in [0.5, 0.6) is 0 Å². The summed E-state index contributed by atoms with van der Waals surface area (Å²) in [5.74, 6) is 0.774. The van der Waals surface area contributed by atoms with Gasteiger partial charge >= 0.3 is 0 Å². The Morgan fingerprint density at radius 2 is 2.21 bits per heavy atom. The number of likely N-dealkylation sites (N-methyl/N-ethyl adjacent to an activating group) is 1. The largest absolute Gasteiger partial charge is 0.347 e. The summed E-state index contributed by atoms with van der Waals surface area (Å²) in [4.78, 5) is 22.3. The third-order valence-corrected chi connectivity index (χ3v) is 3.32. The first-order chi connectivity index (χ1) is 8.95. The van der Waals surface area contributed by atoms with E-state index in [9.17, 15) is 4.79 Å². The molecule has 0 aromatic carbocycles. The summed E-state index contributed by atoms with van der Waals surface area (Å²) in [5.41, 5.74) is 1.25. The molecule has 2 aromatic heterocycles. The number of hydrogen-bond acceptors (Lipinski definition) is 3. The summed E-state index contributed by atoms with van der Waals surface area (Å²) in [6, 6.07) is 1.30. The summed E-state index contributed by atoms with van der Waals surface area (Å²) in [5, 5.41) is 0.505. The van der Waals surface area contributed by atoms with Gasteiger partial charge in [0.25, 0.3) is 0 Å². The molecule has 0 N–H and O–H groups in total. The number of imidazole rings is 1. The SMILES string of the molecule is CC(C(=O)N(C)C)n1c(CCl)nc2cc(Cl)cnc21. The molecule has 0 spiro atoms. The molecule has 0 saturated carbocycles. The van der Waals surface area contributed by atoms with Crippen LogP contribution in [-0.4, -0.2) is 39.4 Å². The van der Waals surface area contributed by atoms with Crippen molar-refractivity contribution in [2.75, 3.05) is 14.1 Å². The lowest BCUT2D eigenvalue weighted by atomic mass is 10.3. The predicted molar refractivity (Wildman–Crippen MR) is 75.5 cm³/mol. The Hall–Kier alpha value is -1.33. The van der Waals surface area contributed by atoms with Gasteiger partial charge in [-0.05, 0) is 13.0 Å². The Labute approximate surface area is 121 Å². The summed E-state index contributed by atoms with van der Waals surface area (Å²) >= 11 is 11.8. The number of fused-ring (bicyclic) bond motifs is 1. The van der Waals surface area contributed by atoms with E-state index < -0.39 is 6.04 Å². The third kappa shape index (κ3) is 2.53. The first-order valence-electron chi connectivity index (χ1n) is 5.75. The highest BCUT2D eigenvalue weighted by molar-refractivity contribution is 6.31. The second-order valence-corrected chi connectivity index (χ2v) is 5.14. The first kappa shape index (κ1) is 14.1. The van der Waals surface area contributed by atoms with Gasteiger partial charge in [-0.15, -0.1) is 11.6 Å². The fourth-order valence-electron chi connectivity index (χ4n) is 1.99. The quantitative estimate of drug-likeness (QED) is 0.818. The van der Waals surface area contributed by atoms with E-state index in [1.807, 2.05) is 0 Å². The lowest BCUT2D eigenvalue weighted by Crippen LogP contribution is -2.30. The molecule has 0 aliphatic carbocycles. The van der Waals surface area contributed by atoms with Crippen LogP contribution in [-0.2, 0) is 10.7 Å². The van der Waals surface area contributed by atoms with Gasteiger partial charge in [0.2, 0.25) is 5.91 Å². The van der Waals surface area contributed by atoms with E-state index in [1.54, 1.807) is 31.7 Å². The second kappa shape index (κ2) is 5.35. The molecule has 2 heterocycles. The summed E-state index contributed by atoms with van der Waals surface area (Å²) in [7, 11) is 3.42. The van der Waals surface area contributed by atoms with Crippen molar-refractivity contribution in [3.63, 3.8) is 0 Å². The van der Waals surface area contributed by atoms with Gasteiger partial charge in [-0.3, -0.25) is 9.36 Å². The molecule has 0 fully saturated rings. The number of aromatic nitrogens is 3. The number of alkyl halides is 1. The van der Waals surface area contributed by atoms with Gasteiger partial charge in [0.1, 0.15) is 17.4 Å². The number of halogens is 2. The zero-order valence-corrected chi connectivity index (χ0v) is 12.4. The standard InChI is InChI=1S/C12H14Cl2N4O/c1-7(12(19)17(2)3)18-10(5-13)16-9-4-8(14)6-15-11(9)18/h4,6-7H,5H2,1-3H3. The van der Waals surface area contributed by atoms with E-state index in [0.29, 0.717) is 22.0 Å². The molecule has 2 aromatic rings. The van der Waals surface area contributed by atoms with Crippen molar-refractivity contribution in [3.05, 3.63) is 23.1 Å². The molecule has 0 bridgehead atoms. The van der Waals surface area contributed by atoms with Gasteiger partial charge in [0.15, 0.2) is 5.65 Å². The minimum absolute atomic E-state index is 0.0394. The van der Waals surface area contributed by atoms with E-state index in [2.05, 4.69) is 9.97 Å². The van der Waals surface area contributed by atoms with Crippen LogP contribution < -0.4 is 0 Å². The van der Waals surface area contributed by atoms with Crippen LogP contribution in [0.2, 0.25) is 5.02 Å². The predicted octanol–water partition coefficient (Wildman–Crippen LogP) is 2.47. The smallest absolute Gasteiger partial charge is 0.244 e. The van der Waals surface area contributed by atoms with Crippen LogP contribution in [0.15, 0.2) is 12.3 Å². The van der Waals surface area contributed by atoms with Crippen molar-refractivity contribution in [1.29, 1.82) is 0 Å². The normalized spacial score (nSPS) is 12.7. The Morgan fingerprint density at radius 1 is 1.53 bits per heavy atom. The van der Waals surface area contributed by atoms with Gasteiger partial charge in [-0.1, -0.05) is 11.6 Å². The molecule has 5 nitrogen and oxygen atoms in total. The molecular formula is C12H14Cl2N4O. The van der Waals surface area contributed by atoms with Gasteiger partial charge in [-0.25, -0.2) is 9.97 Å². The molecule has 19 heavy (non-hydrogen) atoms. The Bertz CT molecular complexity index is 623. The topological polar surface area (TPSA) is 51.0 Å². The lowest BCUT2D eigenvalue weighted by Gasteiger charge is -2.19. The van der Waals surface area contributed by atoms with Crippen molar-refractivity contribution < 1.29 is 4.79 Å². The molecular weight excluding hydrogens is 287 g/mol. The number of carbonyl (C=O) groups is 1. The van der Waals surface area contributed by atoms with E-state index in [1.165, 1.54) is 11.1 Å². The van der Waals surface area contributed by atoms with Crippen LogP contribution in [0.4, 0.5) is 0 Å². The van der Waals surface area contributed by atoms with Crippen molar-refractivity contribution in [3.8, 4) is 0 Å². The Morgan fingerprint density at radius 3 is 2.79 bits per heavy atom. The van der Waals surface area contributed by atoms with Gasteiger partial charge in [0.05, 0.1) is 10.9 Å². The van der Waals surface area contributed by atoms with E-state index >= 15 is 0 Å². The van der Waals surface area contributed by atoms with Crippen molar-refractivity contribution in [1.82, 2.24) is 19.4 Å². The van der Waals surface area contributed by atoms with Crippen LogP contribution >= 0.6 is 23.2 Å².